The Morgan fingerprint density at radius 2 is 2.04 bits per heavy atom. The summed E-state index contributed by atoms with van der Waals surface area (Å²) in [7, 11) is 0. The lowest BCUT2D eigenvalue weighted by Gasteiger charge is -2.37. The predicted molar refractivity (Wildman–Crippen MR) is 103 cm³/mol. The molecule has 142 valence electrons. The number of carbonyl (C=O) groups is 1. The number of aryl methyl sites for hydroxylation is 1. The highest BCUT2D eigenvalue weighted by molar-refractivity contribution is 5.76. The Hall–Kier alpha value is -2.09. The average Bonchev–Trinajstić information content (AvgIpc) is 2.54. The van der Waals surface area contributed by atoms with Crippen molar-refractivity contribution < 1.29 is 4.79 Å². The van der Waals surface area contributed by atoms with Crippen LogP contribution in [0.1, 0.15) is 68.8 Å². The fourth-order valence-corrected chi connectivity index (χ4v) is 4.31. The van der Waals surface area contributed by atoms with Gasteiger partial charge in [-0.05, 0) is 62.0 Å². The van der Waals surface area contributed by atoms with Gasteiger partial charge in [0.2, 0.25) is 5.91 Å². The van der Waals surface area contributed by atoms with Gasteiger partial charge in [0.25, 0.3) is 5.56 Å². The van der Waals surface area contributed by atoms with E-state index >= 15 is 0 Å². The van der Waals surface area contributed by atoms with Gasteiger partial charge in [-0.25, -0.2) is 0 Å². The van der Waals surface area contributed by atoms with Crippen molar-refractivity contribution in [1.29, 1.82) is 5.26 Å². The van der Waals surface area contributed by atoms with Gasteiger partial charge in [0.05, 0.1) is 0 Å². The standard InChI is InChI=1S/C21H31N3O2/c1-12(2)16-7-6-13(3)10-19(16)24-20(25)9-8-17-14(4)18(11-22)21(26)23-15(17)5/h12-13,16,19H,6-10H2,1-5H3,(H,23,26)(H,24,25)/t13-,16-,19+/m0/s1. The van der Waals surface area contributed by atoms with E-state index < -0.39 is 0 Å². The molecule has 2 N–H and O–H groups in total. The van der Waals surface area contributed by atoms with E-state index in [4.69, 9.17) is 5.26 Å². The summed E-state index contributed by atoms with van der Waals surface area (Å²) in [6.45, 7) is 10.3. The van der Waals surface area contributed by atoms with E-state index in [1.54, 1.807) is 6.92 Å². The van der Waals surface area contributed by atoms with Crippen LogP contribution < -0.4 is 10.9 Å². The Labute approximate surface area is 156 Å². The fraction of sp³-hybridized carbons (Fsp3) is 0.667. The van der Waals surface area contributed by atoms with Crippen LogP contribution in [0, 0.1) is 42.9 Å². The highest BCUT2D eigenvalue weighted by Gasteiger charge is 2.31. The van der Waals surface area contributed by atoms with Gasteiger partial charge in [-0.2, -0.15) is 5.26 Å². The van der Waals surface area contributed by atoms with Crippen molar-refractivity contribution >= 4 is 5.91 Å². The minimum Gasteiger partial charge on any atom is -0.353 e. The lowest BCUT2D eigenvalue weighted by atomic mass is 9.74. The molecule has 26 heavy (non-hydrogen) atoms. The van der Waals surface area contributed by atoms with Crippen molar-refractivity contribution in [2.45, 2.75) is 72.8 Å². The number of amides is 1. The lowest BCUT2D eigenvalue weighted by Crippen LogP contribution is -2.45. The van der Waals surface area contributed by atoms with Crippen LogP contribution >= 0.6 is 0 Å². The largest absolute Gasteiger partial charge is 0.353 e. The third-order valence-electron chi connectivity index (χ3n) is 5.89. The third-order valence-corrected chi connectivity index (χ3v) is 5.89. The summed E-state index contributed by atoms with van der Waals surface area (Å²) in [6.07, 6.45) is 4.36. The Morgan fingerprint density at radius 1 is 1.35 bits per heavy atom. The van der Waals surface area contributed by atoms with Crippen LogP contribution in [0.2, 0.25) is 0 Å². The molecule has 5 nitrogen and oxygen atoms in total. The first-order valence-electron chi connectivity index (χ1n) is 9.66. The number of H-pyrrole nitrogens is 1. The Bertz CT molecular complexity index is 758. The molecule has 0 aromatic carbocycles. The molecule has 1 aliphatic carbocycles. The van der Waals surface area contributed by atoms with Crippen LogP contribution in [0.3, 0.4) is 0 Å². The molecule has 5 heteroatoms. The van der Waals surface area contributed by atoms with Gasteiger partial charge < -0.3 is 10.3 Å². The molecule has 1 saturated carbocycles. The zero-order valence-corrected chi connectivity index (χ0v) is 16.6. The molecule has 0 unspecified atom stereocenters. The summed E-state index contributed by atoms with van der Waals surface area (Å²) >= 11 is 0. The quantitative estimate of drug-likeness (QED) is 0.847. The minimum absolute atomic E-state index is 0.0539. The van der Waals surface area contributed by atoms with E-state index in [0.717, 1.165) is 17.7 Å². The van der Waals surface area contributed by atoms with Crippen LogP contribution in [0.4, 0.5) is 0 Å². The molecular weight excluding hydrogens is 326 g/mol. The highest BCUT2D eigenvalue weighted by Crippen LogP contribution is 2.33. The smallest absolute Gasteiger partial charge is 0.266 e. The van der Waals surface area contributed by atoms with Crippen molar-refractivity contribution in [2.75, 3.05) is 0 Å². The normalized spacial score (nSPS) is 22.9. The van der Waals surface area contributed by atoms with Crippen molar-refractivity contribution in [1.82, 2.24) is 10.3 Å². The molecule has 1 aromatic heterocycles. The molecule has 1 aliphatic rings. The van der Waals surface area contributed by atoms with Crippen LogP contribution in [0.5, 0.6) is 0 Å². The first-order chi connectivity index (χ1) is 12.2. The molecule has 0 spiro atoms. The molecule has 0 radical (unpaired) electrons. The van der Waals surface area contributed by atoms with Gasteiger partial charge in [0.15, 0.2) is 0 Å². The number of carbonyl (C=O) groups excluding carboxylic acids is 1. The van der Waals surface area contributed by atoms with E-state index in [1.807, 2.05) is 13.0 Å². The first kappa shape index (κ1) is 20.2. The summed E-state index contributed by atoms with van der Waals surface area (Å²) < 4.78 is 0. The number of hydrogen-bond acceptors (Lipinski definition) is 3. The summed E-state index contributed by atoms with van der Waals surface area (Å²) in [5.74, 6) is 1.81. The lowest BCUT2D eigenvalue weighted by molar-refractivity contribution is -0.122. The average molecular weight is 357 g/mol. The number of nitrogens with one attached hydrogen (secondary N) is 2. The van der Waals surface area contributed by atoms with Crippen LogP contribution in [0.15, 0.2) is 4.79 Å². The number of aromatic nitrogens is 1. The third kappa shape index (κ3) is 4.55. The molecular formula is C21H31N3O2. The number of aromatic amines is 1. The molecule has 1 heterocycles. The van der Waals surface area contributed by atoms with E-state index in [1.165, 1.54) is 12.8 Å². The summed E-state index contributed by atoms with van der Waals surface area (Å²) in [5, 5.41) is 12.4. The Morgan fingerprint density at radius 3 is 2.65 bits per heavy atom. The Kier molecular flexibility index (Phi) is 6.63. The predicted octanol–water partition coefficient (Wildman–Crippen LogP) is 3.37. The number of nitrogens with zero attached hydrogens (tertiary/aromatic N) is 1. The van der Waals surface area contributed by atoms with Crippen molar-refractivity contribution in [3.05, 3.63) is 32.7 Å². The minimum atomic E-state index is -0.355. The van der Waals surface area contributed by atoms with E-state index in [-0.39, 0.29) is 23.1 Å². The molecule has 0 aliphatic heterocycles. The topological polar surface area (TPSA) is 85.8 Å². The van der Waals surface area contributed by atoms with Crippen LogP contribution in [-0.4, -0.2) is 16.9 Å². The number of pyridine rings is 1. The van der Waals surface area contributed by atoms with Crippen molar-refractivity contribution in [3.63, 3.8) is 0 Å². The number of rotatable bonds is 5. The SMILES string of the molecule is Cc1[nH]c(=O)c(C#N)c(C)c1CCC(=O)N[C@@H]1C[C@@H](C)CC[C@H]1C(C)C. The zero-order valence-electron chi connectivity index (χ0n) is 16.6. The van der Waals surface area contributed by atoms with Crippen molar-refractivity contribution in [3.8, 4) is 6.07 Å². The highest BCUT2D eigenvalue weighted by atomic mass is 16.1. The van der Waals surface area contributed by atoms with E-state index in [9.17, 15) is 9.59 Å². The van der Waals surface area contributed by atoms with Crippen LogP contribution in [-0.2, 0) is 11.2 Å². The molecule has 0 bridgehead atoms. The van der Waals surface area contributed by atoms with Gasteiger partial charge in [0.1, 0.15) is 11.6 Å². The van der Waals surface area contributed by atoms with E-state index in [2.05, 4.69) is 31.1 Å². The monoisotopic (exact) mass is 357 g/mol. The van der Waals surface area contributed by atoms with Gasteiger partial charge >= 0.3 is 0 Å². The maximum absolute atomic E-state index is 12.6. The second-order valence-corrected chi connectivity index (χ2v) is 8.17. The van der Waals surface area contributed by atoms with E-state index in [0.29, 0.717) is 36.2 Å². The number of hydrogen-bond donors (Lipinski definition) is 2. The summed E-state index contributed by atoms with van der Waals surface area (Å²) in [5.41, 5.74) is 2.12. The molecule has 2 rings (SSSR count). The zero-order chi connectivity index (χ0) is 19.4. The number of nitriles is 1. The first-order valence-corrected chi connectivity index (χ1v) is 9.66. The molecule has 1 amide bonds. The van der Waals surface area contributed by atoms with Gasteiger partial charge in [-0.3, -0.25) is 9.59 Å². The second-order valence-electron chi connectivity index (χ2n) is 8.17. The molecule has 1 aromatic rings. The Balaban J connectivity index is 2.05. The maximum atomic E-state index is 12.6. The summed E-state index contributed by atoms with van der Waals surface area (Å²) in [6, 6.07) is 2.21. The molecule has 1 fully saturated rings. The summed E-state index contributed by atoms with van der Waals surface area (Å²) in [4.78, 5) is 27.1. The van der Waals surface area contributed by atoms with Gasteiger partial charge in [-0.1, -0.05) is 27.2 Å². The van der Waals surface area contributed by atoms with Crippen LogP contribution in [0.25, 0.3) is 0 Å². The molecule has 0 saturated heterocycles. The van der Waals surface area contributed by atoms with Gasteiger partial charge in [-0.15, -0.1) is 0 Å². The fourth-order valence-electron chi connectivity index (χ4n) is 4.31. The molecule has 3 atom stereocenters. The van der Waals surface area contributed by atoms with Crippen molar-refractivity contribution in [2.24, 2.45) is 17.8 Å². The van der Waals surface area contributed by atoms with Gasteiger partial charge in [0, 0.05) is 18.2 Å². The maximum Gasteiger partial charge on any atom is 0.266 e. The second kappa shape index (κ2) is 8.53.